The fourth-order valence-corrected chi connectivity index (χ4v) is 2.50. The smallest absolute Gasteiger partial charge is 0.326 e. The number of unbranched alkanes of at least 4 members (excludes halogenated alkanes) is 1. The first-order chi connectivity index (χ1) is 11.1. The van der Waals surface area contributed by atoms with Gasteiger partial charge >= 0.3 is 5.97 Å². The minimum Gasteiger partial charge on any atom is -0.480 e. The number of nitrogens with one attached hydrogen (secondary N) is 1. The van der Waals surface area contributed by atoms with E-state index in [1.807, 2.05) is 42.5 Å². The number of carboxylic acid groups (broad SMARTS) is 1. The van der Waals surface area contributed by atoms with Gasteiger partial charge in [0.05, 0.1) is 6.42 Å². The van der Waals surface area contributed by atoms with Crippen LogP contribution in [0.3, 0.4) is 0 Å². The van der Waals surface area contributed by atoms with Crippen molar-refractivity contribution in [3.05, 3.63) is 60.7 Å². The Balaban J connectivity index is 1.98. The summed E-state index contributed by atoms with van der Waals surface area (Å²) in [5.41, 5.74) is 0.872. The van der Waals surface area contributed by atoms with Gasteiger partial charge < -0.3 is 10.4 Å². The highest BCUT2D eigenvalue weighted by molar-refractivity contribution is 5.87. The Kier molecular flexibility index (Phi) is 5.92. The van der Waals surface area contributed by atoms with E-state index < -0.39 is 12.0 Å². The molecule has 0 fully saturated rings. The molecule has 0 aliphatic heterocycles. The zero-order valence-electron chi connectivity index (χ0n) is 13.0. The Morgan fingerprint density at radius 2 is 1.91 bits per heavy atom. The normalized spacial score (nSPS) is 11.8. The van der Waals surface area contributed by atoms with E-state index in [1.165, 1.54) is 0 Å². The van der Waals surface area contributed by atoms with Crippen LogP contribution in [0.1, 0.15) is 24.8 Å². The summed E-state index contributed by atoms with van der Waals surface area (Å²) in [6.07, 6.45) is 3.76. The number of benzene rings is 2. The second kappa shape index (κ2) is 8.13. The summed E-state index contributed by atoms with van der Waals surface area (Å²) in [6, 6.07) is 12.9. The number of fused-ring (bicyclic) bond motifs is 1. The number of carboxylic acids is 1. The van der Waals surface area contributed by atoms with Crippen molar-refractivity contribution in [2.24, 2.45) is 0 Å². The standard InChI is InChI=1S/C19H21NO3/c1-2-3-4-9-17(19(22)23)20-18(21)13-14-10-11-15-7-5-6-8-16(15)12-14/h2,5-8,10-12,17H,1,3-4,9,13H2,(H,20,21)(H,22,23)/t17-/m0/s1. The van der Waals surface area contributed by atoms with Gasteiger partial charge in [-0.05, 0) is 35.6 Å². The molecule has 0 unspecified atom stereocenters. The van der Waals surface area contributed by atoms with E-state index in [1.54, 1.807) is 6.08 Å². The third-order valence-corrected chi connectivity index (χ3v) is 3.71. The van der Waals surface area contributed by atoms with Gasteiger partial charge in [-0.2, -0.15) is 0 Å². The van der Waals surface area contributed by atoms with Crippen LogP contribution >= 0.6 is 0 Å². The molecule has 0 aliphatic carbocycles. The third kappa shape index (κ3) is 4.95. The molecular weight excluding hydrogens is 290 g/mol. The molecule has 2 aromatic carbocycles. The molecule has 4 heteroatoms. The zero-order valence-corrected chi connectivity index (χ0v) is 13.0. The van der Waals surface area contributed by atoms with Crippen LogP contribution in [0, 0.1) is 0 Å². The van der Waals surface area contributed by atoms with Crippen molar-refractivity contribution in [2.45, 2.75) is 31.7 Å². The number of amides is 1. The zero-order chi connectivity index (χ0) is 16.7. The van der Waals surface area contributed by atoms with Gasteiger partial charge in [0.1, 0.15) is 6.04 Å². The van der Waals surface area contributed by atoms with Gasteiger partial charge in [-0.25, -0.2) is 4.79 Å². The van der Waals surface area contributed by atoms with Crippen LogP contribution in [-0.4, -0.2) is 23.0 Å². The van der Waals surface area contributed by atoms with Crippen molar-refractivity contribution >= 4 is 22.6 Å². The molecule has 0 heterocycles. The molecule has 2 aromatic rings. The second-order valence-corrected chi connectivity index (χ2v) is 5.54. The summed E-state index contributed by atoms with van der Waals surface area (Å²) in [4.78, 5) is 23.3. The van der Waals surface area contributed by atoms with Crippen LogP contribution in [0.4, 0.5) is 0 Å². The van der Waals surface area contributed by atoms with Gasteiger partial charge in [0.2, 0.25) is 5.91 Å². The van der Waals surface area contributed by atoms with E-state index in [0.717, 1.165) is 22.8 Å². The first-order valence-electron chi connectivity index (χ1n) is 7.71. The van der Waals surface area contributed by atoms with Crippen LogP contribution in [-0.2, 0) is 16.0 Å². The summed E-state index contributed by atoms with van der Waals surface area (Å²) < 4.78 is 0. The SMILES string of the molecule is C=CCCC[C@H](NC(=O)Cc1ccc2ccccc2c1)C(=O)O. The lowest BCUT2D eigenvalue weighted by molar-refractivity contribution is -0.141. The van der Waals surface area contributed by atoms with Crippen LogP contribution < -0.4 is 5.32 Å². The number of rotatable bonds is 8. The number of hydrogen-bond donors (Lipinski definition) is 2. The fourth-order valence-electron chi connectivity index (χ4n) is 2.50. The van der Waals surface area contributed by atoms with Gasteiger partial charge in [-0.15, -0.1) is 6.58 Å². The lowest BCUT2D eigenvalue weighted by Gasteiger charge is -2.14. The maximum atomic E-state index is 12.1. The summed E-state index contributed by atoms with van der Waals surface area (Å²) in [7, 11) is 0. The van der Waals surface area contributed by atoms with E-state index in [0.29, 0.717) is 12.8 Å². The molecule has 2 rings (SSSR count). The lowest BCUT2D eigenvalue weighted by Crippen LogP contribution is -2.41. The van der Waals surface area contributed by atoms with Gasteiger partial charge in [0.25, 0.3) is 0 Å². The Bertz CT molecular complexity index is 709. The molecule has 0 saturated carbocycles. The minimum absolute atomic E-state index is 0.177. The third-order valence-electron chi connectivity index (χ3n) is 3.71. The number of carbonyl (C=O) groups excluding carboxylic acids is 1. The first kappa shape index (κ1) is 16.7. The number of aliphatic carboxylic acids is 1. The molecule has 0 aromatic heterocycles. The van der Waals surface area contributed by atoms with Crippen molar-refractivity contribution in [1.29, 1.82) is 0 Å². The van der Waals surface area contributed by atoms with Crippen LogP contribution in [0.2, 0.25) is 0 Å². The van der Waals surface area contributed by atoms with Crippen molar-refractivity contribution in [2.75, 3.05) is 0 Å². The van der Waals surface area contributed by atoms with Crippen molar-refractivity contribution in [3.8, 4) is 0 Å². The first-order valence-corrected chi connectivity index (χ1v) is 7.71. The highest BCUT2D eigenvalue weighted by atomic mass is 16.4. The largest absolute Gasteiger partial charge is 0.480 e. The average molecular weight is 311 g/mol. The Labute approximate surface area is 135 Å². The van der Waals surface area contributed by atoms with Gasteiger partial charge in [-0.1, -0.05) is 48.5 Å². The van der Waals surface area contributed by atoms with E-state index in [2.05, 4.69) is 11.9 Å². The average Bonchev–Trinajstić information content (AvgIpc) is 2.54. The molecule has 23 heavy (non-hydrogen) atoms. The number of carbonyl (C=O) groups is 2. The highest BCUT2D eigenvalue weighted by Crippen LogP contribution is 2.16. The Morgan fingerprint density at radius 1 is 1.17 bits per heavy atom. The number of hydrogen-bond acceptors (Lipinski definition) is 2. The molecule has 1 amide bonds. The maximum absolute atomic E-state index is 12.1. The molecule has 1 atom stereocenters. The van der Waals surface area contributed by atoms with Gasteiger partial charge in [0.15, 0.2) is 0 Å². The van der Waals surface area contributed by atoms with Crippen molar-refractivity contribution in [3.63, 3.8) is 0 Å². The summed E-state index contributed by atoms with van der Waals surface area (Å²) in [5.74, 6) is -1.27. The highest BCUT2D eigenvalue weighted by Gasteiger charge is 2.19. The minimum atomic E-state index is -0.999. The topological polar surface area (TPSA) is 66.4 Å². The van der Waals surface area contributed by atoms with E-state index >= 15 is 0 Å². The molecule has 0 bridgehead atoms. The molecule has 0 spiro atoms. The van der Waals surface area contributed by atoms with Gasteiger partial charge in [0, 0.05) is 0 Å². The molecule has 0 aliphatic rings. The molecule has 0 saturated heterocycles. The quantitative estimate of drug-likeness (QED) is 0.580. The molecule has 2 N–H and O–H groups in total. The molecule has 4 nitrogen and oxygen atoms in total. The number of allylic oxidation sites excluding steroid dienone is 1. The monoisotopic (exact) mass is 311 g/mol. The van der Waals surface area contributed by atoms with Crippen molar-refractivity contribution < 1.29 is 14.7 Å². The lowest BCUT2D eigenvalue weighted by atomic mass is 10.0. The molecule has 120 valence electrons. The predicted octanol–water partition coefficient (Wildman–Crippen LogP) is 3.31. The van der Waals surface area contributed by atoms with Crippen LogP contribution in [0.25, 0.3) is 10.8 Å². The van der Waals surface area contributed by atoms with Gasteiger partial charge in [-0.3, -0.25) is 4.79 Å². The van der Waals surface area contributed by atoms with Crippen LogP contribution in [0.5, 0.6) is 0 Å². The maximum Gasteiger partial charge on any atom is 0.326 e. The van der Waals surface area contributed by atoms with E-state index in [9.17, 15) is 14.7 Å². The van der Waals surface area contributed by atoms with Crippen molar-refractivity contribution in [1.82, 2.24) is 5.32 Å². The predicted molar refractivity (Wildman–Crippen MR) is 91.3 cm³/mol. The van der Waals surface area contributed by atoms with Crippen LogP contribution in [0.15, 0.2) is 55.1 Å². The summed E-state index contributed by atoms with van der Waals surface area (Å²) in [5, 5.41) is 14.0. The van der Waals surface area contributed by atoms with E-state index in [-0.39, 0.29) is 12.3 Å². The second-order valence-electron chi connectivity index (χ2n) is 5.54. The van der Waals surface area contributed by atoms with E-state index in [4.69, 9.17) is 0 Å². The fraction of sp³-hybridized carbons (Fsp3) is 0.263. The Hall–Kier alpha value is -2.62. The summed E-state index contributed by atoms with van der Waals surface area (Å²) in [6.45, 7) is 3.61. The molecular formula is C19H21NO3. The molecule has 0 radical (unpaired) electrons. The summed E-state index contributed by atoms with van der Waals surface area (Å²) >= 11 is 0. The Morgan fingerprint density at radius 3 is 2.61 bits per heavy atom.